The summed E-state index contributed by atoms with van der Waals surface area (Å²) in [4.78, 5) is 29.7. The molecule has 4 aromatic rings. The topological polar surface area (TPSA) is 95.8 Å². The molecule has 0 atom stereocenters. The van der Waals surface area contributed by atoms with Crippen molar-refractivity contribution in [3.05, 3.63) is 76.7 Å². The van der Waals surface area contributed by atoms with E-state index in [1.807, 2.05) is 30.5 Å². The van der Waals surface area contributed by atoms with Crippen LogP contribution in [0.5, 0.6) is 0 Å². The third-order valence-corrected chi connectivity index (χ3v) is 4.81. The van der Waals surface area contributed by atoms with Crippen LogP contribution >= 0.6 is 11.8 Å². The molecule has 0 bridgehead atoms. The van der Waals surface area contributed by atoms with Gasteiger partial charge in [0, 0.05) is 5.56 Å². The number of thioether (sulfide) groups is 1. The molecule has 0 aliphatic heterocycles. The van der Waals surface area contributed by atoms with Gasteiger partial charge in [-0.1, -0.05) is 36.4 Å². The molecular weight excluding hydrogens is 362 g/mol. The molecule has 8 heteroatoms. The molecule has 0 saturated heterocycles. The number of fused-ring (bicyclic) bond motifs is 1. The second-order valence-electron chi connectivity index (χ2n) is 5.74. The van der Waals surface area contributed by atoms with Gasteiger partial charge >= 0.3 is 5.69 Å². The third-order valence-electron chi connectivity index (χ3n) is 4.14. The molecule has 0 saturated carbocycles. The van der Waals surface area contributed by atoms with E-state index >= 15 is 0 Å². The minimum absolute atomic E-state index is 0.155. The Morgan fingerprint density at radius 2 is 1.67 bits per heavy atom. The predicted molar refractivity (Wildman–Crippen MR) is 105 cm³/mol. The van der Waals surface area contributed by atoms with Crippen LogP contribution in [0, 0.1) is 0 Å². The lowest BCUT2D eigenvalue weighted by Gasteiger charge is -2.10. The highest BCUT2D eigenvalue weighted by atomic mass is 32.2. The Morgan fingerprint density at radius 1 is 1.04 bits per heavy atom. The second kappa shape index (κ2) is 6.73. The first kappa shape index (κ1) is 17.0. The number of para-hydroxylation sites is 1. The number of hydrogen-bond donors (Lipinski definition) is 1. The number of rotatable bonds is 3. The van der Waals surface area contributed by atoms with E-state index in [1.54, 1.807) is 36.4 Å². The molecule has 2 heterocycles. The van der Waals surface area contributed by atoms with Gasteiger partial charge in [-0.3, -0.25) is 4.79 Å². The van der Waals surface area contributed by atoms with Crippen LogP contribution in [0.4, 0.5) is 5.82 Å². The van der Waals surface area contributed by atoms with Crippen molar-refractivity contribution < 1.29 is 4.79 Å². The Bertz CT molecular complexity index is 1200. The van der Waals surface area contributed by atoms with E-state index in [0.717, 1.165) is 4.68 Å². The van der Waals surface area contributed by atoms with Crippen LogP contribution in [-0.2, 0) is 0 Å². The van der Waals surface area contributed by atoms with Crippen molar-refractivity contribution >= 4 is 34.5 Å². The molecule has 2 aromatic carbocycles. The van der Waals surface area contributed by atoms with Gasteiger partial charge in [0.2, 0.25) is 0 Å². The molecule has 27 heavy (non-hydrogen) atoms. The Labute approximate surface area is 158 Å². The number of benzene rings is 2. The summed E-state index contributed by atoms with van der Waals surface area (Å²) in [5.74, 6) is -0.169. The standard InChI is InChI=1S/C19H15N5O2S/c1-27-17-14-15(20)23(13-10-6-3-7-11-13)19(26)21-16(14)24(22-17)18(25)12-8-4-2-5-9-12/h2-11H,20H2,1H3. The Balaban J connectivity index is 2.00. The molecule has 0 fully saturated rings. The zero-order valence-electron chi connectivity index (χ0n) is 14.4. The van der Waals surface area contributed by atoms with Gasteiger partial charge in [-0.15, -0.1) is 11.8 Å². The number of carbonyl (C=O) groups excluding carboxylic acids is 1. The van der Waals surface area contributed by atoms with Gasteiger partial charge < -0.3 is 5.73 Å². The summed E-state index contributed by atoms with van der Waals surface area (Å²) in [7, 11) is 0. The van der Waals surface area contributed by atoms with Crippen molar-refractivity contribution in [3.63, 3.8) is 0 Å². The number of aromatic nitrogens is 4. The Morgan fingerprint density at radius 3 is 2.30 bits per heavy atom. The predicted octanol–water partition coefficient (Wildman–Crippen LogP) is 2.57. The number of nitrogens with two attached hydrogens (primary N) is 1. The van der Waals surface area contributed by atoms with Gasteiger partial charge in [0.15, 0.2) is 5.65 Å². The zero-order chi connectivity index (χ0) is 19.0. The van der Waals surface area contributed by atoms with E-state index in [-0.39, 0.29) is 17.4 Å². The first-order valence-electron chi connectivity index (χ1n) is 8.12. The van der Waals surface area contributed by atoms with Crippen molar-refractivity contribution in [3.8, 4) is 5.69 Å². The lowest BCUT2D eigenvalue weighted by atomic mass is 10.2. The van der Waals surface area contributed by atoms with Crippen LogP contribution in [-0.4, -0.2) is 31.5 Å². The summed E-state index contributed by atoms with van der Waals surface area (Å²) in [6, 6.07) is 17.7. The van der Waals surface area contributed by atoms with Crippen LogP contribution in [0.2, 0.25) is 0 Å². The van der Waals surface area contributed by atoms with Crippen LogP contribution in [0.15, 0.2) is 70.5 Å². The SMILES string of the molecule is CSc1nn(C(=O)c2ccccc2)c2nc(=O)n(-c3ccccc3)c(N)c12. The smallest absolute Gasteiger partial charge is 0.355 e. The Kier molecular flexibility index (Phi) is 4.25. The molecule has 134 valence electrons. The first-order valence-corrected chi connectivity index (χ1v) is 9.34. The quantitative estimate of drug-likeness (QED) is 0.551. The second-order valence-corrected chi connectivity index (χ2v) is 6.54. The Hall–Kier alpha value is -3.39. The molecule has 0 radical (unpaired) electrons. The summed E-state index contributed by atoms with van der Waals surface area (Å²) in [5.41, 5.74) is 6.96. The van der Waals surface area contributed by atoms with Crippen LogP contribution < -0.4 is 11.4 Å². The van der Waals surface area contributed by atoms with Crippen LogP contribution in [0.3, 0.4) is 0 Å². The van der Waals surface area contributed by atoms with Crippen molar-refractivity contribution in [2.45, 2.75) is 5.03 Å². The fourth-order valence-electron chi connectivity index (χ4n) is 2.89. The third kappa shape index (κ3) is 2.80. The number of hydrogen-bond acceptors (Lipinski definition) is 6. The highest BCUT2D eigenvalue weighted by molar-refractivity contribution is 7.98. The van der Waals surface area contributed by atoms with Gasteiger partial charge in [-0.05, 0) is 30.5 Å². The molecule has 0 spiro atoms. The summed E-state index contributed by atoms with van der Waals surface area (Å²) in [6.07, 6.45) is 1.83. The molecule has 0 unspecified atom stereocenters. The van der Waals surface area contributed by atoms with Gasteiger partial charge in [0.1, 0.15) is 10.8 Å². The van der Waals surface area contributed by atoms with E-state index in [9.17, 15) is 9.59 Å². The van der Waals surface area contributed by atoms with E-state index in [2.05, 4.69) is 10.1 Å². The zero-order valence-corrected chi connectivity index (χ0v) is 15.2. The molecule has 4 rings (SSSR count). The number of nitrogen functional groups attached to an aromatic ring is 1. The minimum atomic E-state index is -0.569. The normalized spacial score (nSPS) is 11.0. The van der Waals surface area contributed by atoms with E-state index in [0.29, 0.717) is 21.7 Å². The van der Waals surface area contributed by atoms with Crippen molar-refractivity contribution in [2.75, 3.05) is 12.0 Å². The molecule has 0 amide bonds. The molecule has 2 N–H and O–H groups in total. The molecule has 2 aromatic heterocycles. The average Bonchev–Trinajstić information content (AvgIpc) is 3.07. The maximum atomic E-state index is 12.9. The lowest BCUT2D eigenvalue weighted by molar-refractivity contribution is 0.0948. The number of carbonyl (C=O) groups is 1. The highest BCUT2D eigenvalue weighted by Crippen LogP contribution is 2.29. The molecule has 0 aliphatic rings. The van der Waals surface area contributed by atoms with Crippen molar-refractivity contribution in [2.24, 2.45) is 0 Å². The van der Waals surface area contributed by atoms with Gasteiger partial charge in [-0.2, -0.15) is 14.8 Å². The van der Waals surface area contributed by atoms with Crippen LogP contribution in [0.25, 0.3) is 16.7 Å². The molecular formula is C19H15N5O2S. The highest BCUT2D eigenvalue weighted by Gasteiger charge is 2.23. The maximum Gasteiger partial charge on any atom is 0.355 e. The molecule has 7 nitrogen and oxygen atoms in total. The summed E-state index contributed by atoms with van der Waals surface area (Å²) >= 11 is 1.34. The molecule has 0 aliphatic carbocycles. The van der Waals surface area contributed by atoms with Crippen molar-refractivity contribution in [1.82, 2.24) is 19.3 Å². The minimum Gasteiger partial charge on any atom is -0.384 e. The van der Waals surface area contributed by atoms with Gasteiger partial charge in [0.25, 0.3) is 5.91 Å². The average molecular weight is 377 g/mol. The first-order chi connectivity index (χ1) is 13.1. The van der Waals surface area contributed by atoms with Crippen molar-refractivity contribution in [1.29, 1.82) is 0 Å². The summed E-state index contributed by atoms with van der Waals surface area (Å²) in [6.45, 7) is 0. The summed E-state index contributed by atoms with van der Waals surface area (Å²) < 4.78 is 2.46. The number of anilines is 1. The fourth-order valence-corrected chi connectivity index (χ4v) is 3.45. The van der Waals surface area contributed by atoms with E-state index in [1.165, 1.54) is 16.3 Å². The fraction of sp³-hybridized carbons (Fsp3) is 0.0526. The van der Waals surface area contributed by atoms with E-state index in [4.69, 9.17) is 5.73 Å². The number of nitrogens with zero attached hydrogens (tertiary/aromatic N) is 4. The largest absolute Gasteiger partial charge is 0.384 e. The summed E-state index contributed by atoms with van der Waals surface area (Å²) in [5, 5.41) is 5.37. The van der Waals surface area contributed by atoms with Gasteiger partial charge in [-0.25, -0.2) is 9.36 Å². The maximum absolute atomic E-state index is 12.9. The van der Waals surface area contributed by atoms with Gasteiger partial charge in [0.05, 0.1) is 11.1 Å². The lowest BCUT2D eigenvalue weighted by Crippen LogP contribution is -2.25. The van der Waals surface area contributed by atoms with Crippen LogP contribution in [0.1, 0.15) is 10.4 Å². The monoisotopic (exact) mass is 377 g/mol. The van der Waals surface area contributed by atoms with E-state index < -0.39 is 5.69 Å².